The molecule has 1 fully saturated rings. The number of rotatable bonds is 8. The molecule has 0 saturated carbocycles. The monoisotopic (exact) mass is 563 g/mol. The lowest BCUT2D eigenvalue weighted by atomic mass is 10.1. The summed E-state index contributed by atoms with van der Waals surface area (Å²) in [5.41, 5.74) is 2.86. The second-order valence-corrected chi connectivity index (χ2v) is 9.25. The molecule has 0 spiro atoms. The molecule has 1 aliphatic heterocycles. The first-order valence-corrected chi connectivity index (χ1v) is 12.4. The van der Waals surface area contributed by atoms with Crippen LogP contribution in [0.1, 0.15) is 16.7 Å². The number of nitrogens with one attached hydrogen (secondary N) is 2. The average molecular weight is 564 g/mol. The number of nitrogens with zero attached hydrogens (tertiary/aromatic N) is 1. The summed E-state index contributed by atoms with van der Waals surface area (Å²) < 4.78 is 16.2. The number of halogens is 1. The zero-order valence-electron chi connectivity index (χ0n) is 22.2. The molecule has 11 heteroatoms. The molecule has 2 N–H and O–H groups in total. The number of ether oxygens (including phenoxy) is 3. The molecule has 0 radical (unpaired) electrons. The van der Waals surface area contributed by atoms with E-state index in [0.717, 1.165) is 16.0 Å². The van der Waals surface area contributed by atoms with Crippen LogP contribution in [-0.4, -0.2) is 44.6 Å². The molecule has 3 aromatic carbocycles. The molecule has 10 nitrogen and oxygen atoms in total. The number of methoxy groups -OCH3 is 2. The normalized spacial score (nSPS) is 14.2. The Kier molecular flexibility index (Phi) is 8.40. The van der Waals surface area contributed by atoms with Gasteiger partial charge in [0, 0.05) is 5.69 Å². The Labute approximate surface area is 235 Å². The summed E-state index contributed by atoms with van der Waals surface area (Å²) in [5.74, 6) is -1.27. The molecule has 0 aliphatic carbocycles. The topological polar surface area (TPSA) is 123 Å². The summed E-state index contributed by atoms with van der Waals surface area (Å²) in [7, 11) is 2.87. The number of barbiturate groups is 1. The summed E-state index contributed by atoms with van der Waals surface area (Å²) in [5, 5.41) is 5.05. The van der Waals surface area contributed by atoms with Gasteiger partial charge in [0.2, 0.25) is 0 Å². The molecule has 40 heavy (non-hydrogen) atoms. The van der Waals surface area contributed by atoms with Crippen LogP contribution in [0.2, 0.25) is 5.02 Å². The molecule has 0 atom stereocenters. The van der Waals surface area contributed by atoms with Gasteiger partial charge in [0.15, 0.2) is 18.1 Å². The van der Waals surface area contributed by atoms with Crippen molar-refractivity contribution in [2.45, 2.75) is 13.8 Å². The zero-order chi connectivity index (χ0) is 29.0. The Morgan fingerprint density at radius 1 is 1.00 bits per heavy atom. The number of imide groups is 2. The van der Waals surface area contributed by atoms with E-state index >= 15 is 0 Å². The van der Waals surface area contributed by atoms with E-state index in [1.807, 2.05) is 32.0 Å². The van der Waals surface area contributed by atoms with Gasteiger partial charge in [-0.25, -0.2) is 9.69 Å². The number of aryl methyl sites for hydroxylation is 2. The third kappa shape index (κ3) is 6.08. The van der Waals surface area contributed by atoms with Crippen molar-refractivity contribution < 1.29 is 33.4 Å². The molecular weight excluding hydrogens is 538 g/mol. The zero-order valence-corrected chi connectivity index (χ0v) is 22.9. The van der Waals surface area contributed by atoms with Crippen LogP contribution in [0.5, 0.6) is 17.2 Å². The molecular formula is C29H26ClN3O7. The highest BCUT2D eigenvalue weighted by atomic mass is 35.5. The number of hydrogen-bond acceptors (Lipinski definition) is 7. The summed E-state index contributed by atoms with van der Waals surface area (Å²) in [4.78, 5) is 51.6. The number of carbonyl (C=O) groups excluding carboxylic acids is 4. The van der Waals surface area contributed by atoms with E-state index < -0.39 is 23.8 Å². The van der Waals surface area contributed by atoms with Crippen molar-refractivity contribution in [2.24, 2.45) is 0 Å². The maximum atomic E-state index is 13.2. The standard InChI is InChI=1S/C29H26ClN3O7/c1-16-5-6-17(2)23(11-16)31-25(34)15-40-26-22(30)13-18(14-24(26)39-4)12-21-27(35)32-29(37)33(28(21)36)19-7-9-20(38-3)10-8-19/h5-14H,15H2,1-4H3,(H,31,34)(H,32,35,37)/b21-12+. The summed E-state index contributed by atoms with van der Waals surface area (Å²) in [6.07, 6.45) is 1.28. The van der Waals surface area contributed by atoms with Crippen LogP contribution >= 0.6 is 11.6 Å². The highest BCUT2D eigenvalue weighted by Gasteiger charge is 2.37. The third-order valence-electron chi connectivity index (χ3n) is 6.01. The Morgan fingerprint density at radius 3 is 2.40 bits per heavy atom. The van der Waals surface area contributed by atoms with Gasteiger partial charge in [-0.2, -0.15) is 0 Å². The van der Waals surface area contributed by atoms with Crippen LogP contribution in [-0.2, 0) is 14.4 Å². The van der Waals surface area contributed by atoms with Gasteiger partial charge in [-0.05, 0) is 79.1 Å². The fourth-order valence-electron chi connectivity index (χ4n) is 3.95. The second kappa shape index (κ2) is 11.9. The smallest absolute Gasteiger partial charge is 0.335 e. The minimum atomic E-state index is -0.879. The first-order valence-electron chi connectivity index (χ1n) is 12.0. The summed E-state index contributed by atoms with van der Waals surface area (Å²) in [6.45, 7) is 3.46. The molecule has 206 valence electrons. The Bertz CT molecular complexity index is 1530. The number of hydrogen-bond donors (Lipinski definition) is 2. The van der Waals surface area contributed by atoms with Crippen molar-refractivity contribution >= 4 is 52.8 Å². The second-order valence-electron chi connectivity index (χ2n) is 8.85. The largest absolute Gasteiger partial charge is 0.497 e. The number of carbonyl (C=O) groups is 4. The lowest BCUT2D eigenvalue weighted by Gasteiger charge is -2.26. The van der Waals surface area contributed by atoms with E-state index in [-0.39, 0.29) is 34.4 Å². The number of urea groups is 1. The van der Waals surface area contributed by atoms with Crippen molar-refractivity contribution in [2.75, 3.05) is 31.0 Å². The van der Waals surface area contributed by atoms with Gasteiger partial charge in [0.25, 0.3) is 17.7 Å². The minimum absolute atomic E-state index is 0.0810. The van der Waals surface area contributed by atoms with E-state index in [0.29, 0.717) is 17.0 Å². The van der Waals surface area contributed by atoms with Gasteiger partial charge in [-0.3, -0.25) is 19.7 Å². The van der Waals surface area contributed by atoms with E-state index in [9.17, 15) is 19.2 Å². The number of anilines is 2. The van der Waals surface area contributed by atoms with Gasteiger partial charge in [-0.1, -0.05) is 23.7 Å². The molecule has 4 rings (SSSR count). The fraction of sp³-hybridized carbons (Fsp3) is 0.172. The van der Waals surface area contributed by atoms with Crippen LogP contribution in [0.15, 0.2) is 60.2 Å². The Morgan fingerprint density at radius 2 is 1.73 bits per heavy atom. The lowest BCUT2D eigenvalue weighted by Crippen LogP contribution is -2.54. The molecule has 3 aromatic rings. The number of amides is 5. The van der Waals surface area contributed by atoms with Crippen LogP contribution in [0.25, 0.3) is 6.08 Å². The van der Waals surface area contributed by atoms with Gasteiger partial charge < -0.3 is 19.5 Å². The van der Waals surface area contributed by atoms with Crippen LogP contribution in [0, 0.1) is 13.8 Å². The SMILES string of the molecule is COc1ccc(N2C(=O)NC(=O)/C(=C\c3cc(Cl)c(OCC(=O)Nc4cc(C)ccc4C)c(OC)c3)C2=O)cc1. The minimum Gasteiger partial charge on any atom is -0.497 e. The Hall–Kier alpha value is -4.83. The fourth-order valence-corrected chi connectivity index (χ4v) is 4.22. The van der Waals surface area contributed by atoms with Crippen molar-refractivity contribution in [3.8, 4) is 17.2 Å². The molecule has 0 bridgehead atoms. The molecule has 1 heterocycles. The predicted octanol–water partition coefficient (Wildman–Crippen LogP) is 4.66. The highest BCUT2D eigenvalue weighted by molar-refractivity contribution is 6.39. The first kappa shape index (κ1) is 28.2. The lowest BCUT2D eigenvalue weighted by molar-refractivity contribution is -0.122. The van der Waals surface area contributed by atoms with E-state index in [4.69, 9.17) is 25.8 Å². The van der Waals surface area contributed by atoms with Crippen LogP contribution in [0.3, 0.4) is 0 Å². The van der Waals surface area contributed by atoms with Crippen LogP contribution < -0.4 is 29.7 Å². The molecule has 0 aromatic heterocycles. The van der Waals surface area contributed by atoms with Crippen LogP contribution in [0.4, 0.5) is 16.2 Å². The maximum Gasteiger partial charge on any atom is 0.335 e. The molecule has 1 saturated heterocycles. The van der Waals surface area contributed by atoms with E-state index in [2.05, 4.69) is 10.6 Å². The quantitative estimate of drug-likeness (QED) is 0.302. The van der Waals surface area contributed by atoms with E-state index in [1.165, 1.54) is 44.6 Å². The average Bonchev–Trinajstić information content (AvgIpc) is 2.92. The van der Waals surface area contributed by atoms with Crippen molar-refractivity contribution in [3.63, 3.8) is 0 Å². The number of benzene rings is 3. The highest BCUT2D eigenvalue weighted by Crippen LogP contribution is 2.37. The summed E-state index contributed by atoms with van der Waals surface area (Å²) >= 11 is 6.44. The maximum absolute atomic E-state index is 13.2. The van der Waals surface area contributed by atoms with Gasteiger partial charge >= 0.3 is 6.03 Å². The molecule has 1 aliphatic rings. The van der Waals surface area contributed by atoms with Crippen molar-refractivity contribution in [3.05, 3.63) is 81.9 Å². The van der Waals surface area contributed by atoms with Crippen molar-refractivity contribution in [1.29, 1.82) is 0 Å². The van der Waals surface area contributed by atoms with Gasteiger partial charge in [0.05, 0.1) is 24.9 Å². The molecule has 5 amide bonds. The summed E-state index contributed by atoms with van der Waals surface area (Å²) in [6, 6.07) is 14.0. The van der Waals surface area contributed by atoms with E-state index in [1.54, 1.807) is 12.1 Å². The predicted molar refractivity (Wildman–Crippen MR) is 150 cm³/mol. The third-order valence-corrected chi connectivity index (χ3v) is 6.29. The van der Waals surface area contributed by atoms with Gasteiger partial charge in [-0.15, -0.1) is 0 Å². The van der Waals surface area contributed by atoms with Gasteiger partial charge in [0.1, 0.15) is 11.3 Å². The Balaban J connectivity index is 1.55. The molecule has 0 unspecified atom stereocenters. The van der Waals surface area contributed by atoms with Crippen molar-refractivity contribution in [1.82, 2.24) is 5.32 Å². The first-order chi connectivity index (χ1) is 19.1.